The lowest BCUT2D eigenvalue weighted by molar-refractivity contribution is 0.199. The van der Waals surface area contributed by atoms with Crippen LogP contribution >= 0.6 is 23.2 Å². The lowest BCUT2D eigenvalue weighted by Gasteiger charge is -2.36. The second kappa shape index (κ2) is 14.1. The van der Waals surface area contributed by atoms with E-state index in [1.54, 1.807) is 11.0 Å². The number of benzene rings is 2. The summed E-state index contributed by atoms with van der Waals surface area (Å²) in [7, 11) is 0. The van der Waals surface area contributed by atoms with Crippen molar-refractivity contribution in [2.24, 2.45) is 0 Å². The lowest BCUT2D eigenvalue weighted by atomic mass is 10.2. The summed E-state index contributed by atoms with van der Waals surface area (Å²) in [5.74, 6) is 0.666. The van der Waals surface area contributed by atoms with Gasteiger partial charge in [0, 0.05) is 51.4 Å². The number of hydrogen-bond acceptors (Lipinski definition) is 5. The molecular weight excluding hydrogens is 535 g/mol. The fourth-order valence-electron chi connectivity index (χ4n) is 5.06. The van der Waals surface area contributed by atoms with Crippen molar-refractivity contribution in [1.82, 2.24) is 14.4 Å². The van der Waals surface area contributed by atoms with Crippen molar-refractivity contribution in [3.63, 3.8) is 0 Å². The predicted octanol–water partition coefficient (Wildman–Crippen LogP) is 6.38. The first-order valence-electron chi connectivity index (χ1n) is 13.9. The van der Waals surface area contributed by atoms with Crippen LogP contribution in [0.1, 0.15) is 39.5 Å². The van der Waals surface area contributed by atoms with Crippen LogP contribution in [0.2, 0.25) is 10.0 Å². The first-order chi connectivity index (χ1) is 18.9. The summed E-state index contributed by atoms with van der Waals surface area (Å²) >= 11 is 12.6. The van der Waals surface area contributed by atoms with E-state index < -0.39 is 0 Å². The van der Waals surface area contributed by atoms with Crippen LogP contribution in [-0.2, 0) is 0 Å². The SMILES string of the molecule is CCCN(CCC)C(=O)n1c(=O)ccc2ccc(OCCCCN3CCN(c4cccc(Cl)c4Cl)CC3)cc21. The van der Waals surface area contributed by atoms with E-state index in [0.29, 0.717) is 41.0 Å². The molecular formula is C30H38Cl2N4O3. The van der Waals surface area contributed by atoms with Crippen LogP contribution < -0.4 is 15.2 Å². The molecule has 9 heteroatoms. The molecule has 0 N–H and O–H groups in total. The Morgan fingerprint density at radius 3 is 2.38 bits per heavy atom. The second-order valence-electron chi connectivity index (χ2n) is 9.95. The monoisotopic (exact) mass is 572 g/mol. The summed E-state index contributed by atoms with van der Waals surface area (Å²) in [6, 6.07) is 14.3. The van der Waals surface area contributed by atoms with Crippen LogP contribution in [0.5, 0.6) is 5.75 Å². The Bertz CT molecular complexity index is 1320. The standard InChI is InChI=1S/C30H38Cl2N4O3/c1-3-14-35(15-4-2)30(38)36-27-22-24(12-10-23(27)11-13-28(36)37)39-21-6-5-16-33-17-19-34(20-18-33)26-9-7-8-25(31)29(26)32/h7-13,22H,3-6,14-21H2,1-2H3. The van der Waals surface area contributed by atoms with E-state index in [1.807, 2.05) is 50.2 Å². The number of hydrogen-bond donors (Lipinski definition) is 0. The van der Waals surface area contributed by atoms with Crippen molar-refractivity contribution >= 4 is 45.8 Å². The highest BCUT2D eigenvalue weighted by atomic mass is 35.5. The zero-order valence-corrected chi connectivity index (χ0v) is 24.4. The van der Waals surface area contributed by atoms with Gasteiger partial charge in [-0.1, -0.05) is 43.1 Å². The third kappa shape index (κ3) is 7.27. The third-order valence-corrected chi connectivity index (χ3v) is 7.91. The molecule has 0 saturated carbocycles. The Balaban J connectivity index is 1.29. The fraction of sp³-hybridized carbons (Fsp3) is 0.467. The Morgan fingerprint density at radius 2 is 1.67 bits per heavy atom. The highest BCUT2D eigenvalue weighted by Gasteiger charge is 2.20. The number of pyridine rings is 1. The predicted molar refractivity (Wildman–Crippen MR) is 161 cm³/mol. The van der Waals surface area contributed by atoms with E-state index >= 15 is 0 Å². The van der Waals surface area contributed by atoms with Gasteiger partial charge in [-0.3, -0.25) is 9.69 Å². The Morgan fingerprint density at radius 1 is 0.949 bits per heavy atom. The number of fused-ring (bicyclic) bond motifs is 1. The maximum atomic E-state index is 13.3. The van der Waals surface area contributed by atoms with Gasteiger partial charge in [-0.05, 0) is 67.9 Å². The number of anilines is 1. The number of ether oxygens (including phenoxy) is 1. The first-order valence-corrected chi connectivity index (χ1v) is 14.7. The molecule has 1 aromatic heterocycles. The van der Waals surface area contributed by atoms with Crippen molar-refractivity contribution in [3.8, 4) is 5.75 Å². The molecule has 210 valence electrons. The summed E-state index contributed by atoms with van der Waals surface area (Å²) < 4.78 is 7.32. The molecule has 7 nitrogen and oxygen atoms in total. The first kappa shape index (κ1) is 29.2. The number of unbranched alkanes of at least 4 members (excludes halogenated alkanes) is 1. The van der Waals surface area contributed by atoms with Gasteiger partial charge >= 0.3 is 6.03 Å². The summed E-state index contributed by atoms with van der Waals surface area (Å²) in [6.07, 6.45) is 3.62. The van der Waals surface area contributed by atoms with E-state index in [0.717, 1.165) is 69.5 Å². The average Bonchev–Trinajstić information content (AvgIpc) is 2.94. The van der Waals surface area contributed by atoms with E-state index in [9.17, 15) is 9.59 Å². The van der Waals surface area contributed by atoms with E-state index in [2.05, 4.69) is 9.80 Å². The molecule has 3 aromatic rings. The molecule has 2 heterocycles. The molecule has 4 rings (SSSR count). The molecule has 1 aliphatic heterocycles. The molecule has 39 heavy (non-hydrogen) atoms. The van der Waals surface area contributed by atoms with Crippen LogP contribution in [0.3, 0.4) is 0 Å². The van der Waals surface area contributed by atoms with Crippen molar-refractivity contribution in [3.05, 3.63) is 68.9 Å². The molecule has 1 fully saturated rings. The van der Waals surface area contributed by atoms with Gasteiger partial charge in [-0.15, -0.1) is 0 Å². The number of piperazine rings is 1. The number of halogens is 2. The summed E-state index contributed by atoms with van der Waals surface area (Å²) in [5, 5.41) is 2.05. The van der Waals surface area contributed by atoms with Crippen molar-refractivity contribution in [2.75, 3.05) is 57.3 Å². The maximum Gasteiger partial charge on any atom is 0.331 e. The highest BCUT2D eigenvalue weighted by molar-refractivity contribution is 6.43. The molecule has 0 bridgehead atoms. The van der Waals surface area contributed by atoms with Gasteiger partial charge < -0.3 is 14.5 Å². The maximum absolute atomic E-state index is 13.3. The summed E-state index contributed by atoms with van der Waals surface area (Å²) in [6.45, 7) is 10.7. The molecule has 0 atom stereocenters. The normalized spacial score (nSPS) is 14.1. The van der Waals surface area contributed by atoms with Crippen molar-refractivity contribution < 1.29 is 9.53 Å². The number of carbonyl (C=O) groups is 1. The number of nitrogens with zero attached hydrogens (tertiary/aromatic N) is 4. The number of aromatic nitrogens is 1. The minimum absolute atomic E-state index is 0.274. The largest absolute Gasteiger partial charge is 0.494 e. The Kier molecular flexibility index (Phi) is 10.5. The molecule has 1 aliphatic rings. The molecule has 0 aliphatic carbocycles. The van der Waals surface area contributed by atoms with E-state index in [4.69, 9.17) is 27.9 Å². The van der Waals surface area contributed by atoms with Crippen LogP contribution in [-0.4, -0.2) is 72.8 Å². The van der Waals surface area contributed by atoms with Gasteiger partial charge in [0.1, 0.15) is 5.75 Å². The molecule has 1 saturated heterocycles. The van der Waals surface area contributed by atoms with Crippen LogP contribution in [0.25, 0.3) is 10.9 Å². The minimum Gasteiger partial charge on any atom is -0.494 e. The van der Waals surface area contributed by atoms with E-state index in [1.165, 1.54) is 10.6 Å². The second-order valence-corrected chi connectivity index (χ2v) is 10.7. The van der Waals surface area contributed by atoms with Gasteiger partial charge in [-0.25, -0.2) is 9.36 Å². The number of rotatable bonds is 11. The quantitative estimate of drug-likeness (QED) is 0.249. The minimum atomic E-state index is -0.320. The molecule has 2 aromatic carbocycles. The van der Waals surface area contributed by atoms with Crippen LogP contribution in [0.4, 0.5) is 10.5 Å². The zero-order valence-electron chi connectivity index (χ0n) is 22.9. The van der Waals surface area contributed by atoms with Gasteiger partial charge in [0.15, 0.2) is 0 Å². The summed E-state index contributed by atoms with van der Waals surface area (Å²) in [5.41, 5.74) is 1.27. The van der Waals surface area contributed by atoms with Gasteiger partial charge in [0.05, 0.1) is 27.9 Å². The Hall–Kier alpha value is -2.74. The van der Waals surface area contributed by atoms with Gasteiger partial charge in [0.25, 0.3) is 5.56 Å². The molecule has 1 amide bonds. The highest BCUT2D eigenvalue weighted by Crippen LogP contribution is 2.33. The number of carbonyl (C=O) groups excluding carboxylic acids is 1. The Labute approximate surface area is 240 Å². The van der Waals surface area contributed by atoms with Crippen molar-refractivity contribution in [1.29, 1.82) is 0 Å². The average molecular weight is 574 g/mol. The van der Waals surface area contributed by atoms with Gasteiger partial charge in [-0.2, -0.15) is 0 Å². The fourth-order valence-corrected chi connectivity index (χ4v) is 5.48. The molecule has 0 spiro atoms. The van der Waals surface area contributed by atoms with E-state index in [-0.39, 0.29) is 11.6 Å². The van der Waals surface area contributed by atoms with Gasteiger partial charge in [0.2, 0.25) is 0 Å². The zero-order chi connectivity index (χ0) is 27.8. The third-order valence-electron chi connectivity index (χ3n) is 7.10. The summed E-state index contributed by atoms with van der Waals surface area (Å²) in [4.78, 5) is 32.5. The molecule has 0 unspecified atom stereocenters. The smallest absolute Gasteiger partial charge is 0.331 e. The molecule has 0 radical (unpaired) electrons. The van der Waals surface area contributed by atoms with Crippen LogP contribution in [0, 0.1) is 0 Å². The van der Waals surface area contributed by atoms with Crippen molar-refractivity contribution in [2.45, 2.75) is 39.5 Å². The lowest BCUT2D eigenvalue weighted by Crippen LogP contribution is -2.46. The topological polar surface area (TPSA) is 58.0 Å². The number of amides is 1. The van der Waals surface area contributed by atoms with Crippen LogP contribution in [0.15, 0.2) is 53.3 Å².